The van der Waals surface area contributed by atoms with Crippen LogP contribution in [0.4, 0.5) is 0 Å². The van der Waals surface area contributed by atoms with Gasteiger partial charge in [0, 0.05) is 6.42 Å². The van der Waals surface area contributed by atoms with Crippen LogP contribution in [0.2, 0.25) is 0 Å². The molecule has 3 aromatic rings. The number of aromatic nitrogens is 3. The first-order chi connectivity index (χ1) is 14.0. The number of likely N-dealkylation sites (tertiary alicyclic amines) is 1. The third kappa shape index (κ3) is 4.50. The van der Waals surface area contributed by atoms with E-state index in [-0.39, 0.29) is 6.10 Å². The molecule has 1 aliphatic heterocycles. The Morgan fingerprint density at radius 1 is 1.17 bits per heavy atom. The number of aliphatic hydroxyl groups excluding tert-OH is 1. The molecule has 1 aliphatic rings. The van der Waals surface area contributed by atoms with Crippen molar-refractivity contribution >= 4 is 12.2 Å². The zero-order chi connectivity index (χ0) is 20.4. The van der Waals surface area contributed by atoms with Crippen LogP contribution in [-0.4, -0.2) is 38.6 Å². The minimum absolute atomic E-state index is 0.224. The van der Waals surface area contributed by atoms with Gasteiger partial charge in [-0.15, -0.1) is 0 Å². The lowest BCUT2D eigenvalue weighted by Crippen LogP contribution is -3.13. The molecule has 0 aliphatic carbocycles. The van der Waals surface area contributed by atoms with Crippen LogP contribution >= 0.6 is 12.2 Å². The number of piperidine rings is 1. The van der Waals surface area contributed by atoms with E-state index in [2.05, 4.69) is 60.9 Å². The molecule has 4 rings (SSSR count). The summed E-state index contributed by atoms with van der Waals surface area (Å²) in [6, 6.07) is 16.8. The molecule has 2 atom stereocenters. The Bertz CT molecular complexity index is 1040. The molecule has 2 aromatic carbocycles. The van der Waals surface area contributed by atoms with Gasteiger partial charge in [0.25, 0.3) is 0 Å². The minimum Gasteiger partial charge on any atom is -0.387 e. The first-order valence-corrected chi connectivity index (χ1v) is 10.7. The number of hydrogen-bond acceptors (Lipinski definition) is 3. The van der Waals surface area contributed by atoms with Crippen LogP contribution < -0.4 is 4.90 Å². The third-order valence-electron chi connectivity index (χ3n) is 5.67. The lowest BCUT2D eigenvalue weighted by atomic mass is 10.1. The van der Waals surface area contributed by atoms with Crippen LogP contribution in [0.5, 0.6) is 0 Å². The van der Waals surface area contributed by atoms with Gasteiger partial charge >= 0.3 is 0 Å². The number of rotatable bonds is 5. The molecule has 2 N–H and O–H groups in total. The number of aryl methyl sites for hydroxylation is 2. The van der Waals surface area contributed by atoms with Crippen molar-refractivity contribution in [1.82, 2.24) is 14.3 Å². The quantitative estimate of drug-likeness (QED) is 0.637. The molecule has 1 saturated heterocycles. The Balaban J connectivity index is 1.74. The summed E-state index contributed by atoms with van der Waals surface area (Å²) in [5, 5.41) is 15.0. The maximum Gasteiger partial charge on any atom is 0.207 e. The van der Waals surface area contributed by atoms with Gasteiger partial charge in [0.1, 0.15) is 18.5 Å². The van der Waals surface area contributed by atoms with Crippen molar-refractivity contribution < 1.29 is 10.0 Å². The molecule has 6 heteroatoms. The van der Waals surface area contributed by atoms with Crippen LogP contribution in [0.25, 0.3) is 5.69 Å². The Morgan fingerprint density at radius 2 is 1.97 bits per heavy atom. The molecule has 0 spiro atoms. The second-order valence-corrected chi connectivity index (χ2v) is 8.51. The molecule has 0 bridgehead atoms. The normalized spacial score (nSPS) is 19.4. The summed E-state index contributed by atoms with van der Waals surface area (Å²) in [5.74, 6) is 0.949. The monoisotopic (exact) mass is 409 g/mol. The Hall–Kier alpha value is -2.28. The molecule has 152 valence electrons. The van der Waals surface area contributed by atoms with E-state index in [0.717, 1.165) is 48.6 Å². The number of aliphatic hydroxyl groups is 1. The van der Waals surface area contributed by atoms with E-state index >= 15 is 0 Å². The highest BCUT2D eigenvalue weighted by atomic mass is 32.1. The lowest BCUT2D eigenvalue weighted by Gasteiger charge is -2.26. The van der Waals surface area contributed by atoms with Gasteiger partial charge in [0.2, 0.25) is 4.77 Å². The number of hydrogen-bond donors (Lipinski definition) is 2. The Labute approximate surface area is 177 Å². The molecule has 0 saturated carbocycles. The van der Waals surface area contributed by atoms with Crippen molar-refractivity contribution in [3.8, 4) is 5.69 Å². The van der Waals surface area contributed by atoms with Crippen molar-refractivity contribution in [2.75, 3.05) is 13.1 Å². The van der Waals surface area contributed by atoms with Crippen molar-refractivity contribution in [2.24, 2.45) is 0 Å². The highest BCUT2D eigenvalue weighted by Gasteiger charge is 2.23. The third-order valence-corrected chi connectivity index (χ3v) is 6.06. The topological polar surface area (TPSA) is 47.4 Å². The maximum absolute atomic E-state index is 10.0. The molecular formula is C23H29N4OS+. The Morgan fingerprint density at radius 3 is 2.69 bits per heavy atom. The van der Waals surface area contributed by atoms with E-state index in [0.29, 0.717) is 6.67 Å². The van der Waals surface area contributed by atoms with Gasteiger partial charge < -0.3 is 10.0 Å². The largest absolute Gasteiger partial charge is 0.387 e. The van der Waals surface area contributed by atoms with Crippen molar-refractivity contribution in [2.45, 2.75) is 45.9 Å². The second-order valence-electron chi connectivity index (χ2n) is 8.14. The number of benzene rings is 2. The maximum atomic E-state index is 10.0. The van der Waals surface area contributed by atoms with E-state index in [1.165, 1.54) is 21.6 Å². The molecule has 29 heavy (non-hydrogen) atoms. The van der Waals surface area contributed by atoms with Gasteiger partial charge in [-0.2, -0.15) is 9.78 Å². The first kappa shape index (κ1) is 20.0. The summed E-state index contributed by atoms with van der Waals surface area (Å²) < 4.78 is 4.78. The highest BCUT2D eigenvalue weighted by Crippen LogP contribution is 2.20. The van der Waals surface area contributed by atoms with Gasteiger partial charge in [-0.05, 0) is 56.1 Å². The van der Waals surface area contributed by atoms with Gasteiger partial charge in [0.05, 0.1) is 12.2 Å². The minimum atomic E-state index is -0.224. The second kappa shape index (κ2) is 8.61. The van der Waals surface area contributed by atoms with Gasteiger partial charge in [0.15, 0.2) is 6.67 Å². The smallest absolute Gasteiger partial charge is 0.207 e. The molecule has 1 unspecified atom stereocenters. The predicted molar refractivity (Wildman–Crippen MR) is 117 cm³/mol. The van der Waals surface area contributed by atoms with E-state index < -0.39 is 0 Å². The average Bonchev–Trinajstić information content (AvgIpc) is 2.98. The molecule has 1 aromatic heterocycles. The summed E-state index contributed by atoms with van der Waals surface area (Å²) in [5.41, 5.74) is 4.73. The zero-order valence-electron chi connectivity index (χ0n) is 17.1. The first-order valence-electron chi connectivity index (χ1n) is 10.3. The van der Waals surface area contributed by atoms with E-state index in [4.69, 9.17) is 17.3 Å². The van der Waals surface area contributed by atoms with E-state index in [1.807, 2.05) is 10.7 Å². The SMILES string of the molecule is Cc1ccc(-n2c(Cc3ccccc3)nn(C[NH+]3CCC[C@@H](O)C3)c2=S)c(C)c1. The summed E-state index contributed by atoms with van der Waals surface area (Å²) in [6.45, 7) is 6.72. The number of quaternary nitrogens is 1. The zero-order valence-corrected chi connectivity index (χ0v) is 18.0. The summed E-state index contributed by atoms with van der Waals surface area (Å²) in [6.07, 6.45) is 2.44. The molecule has 0 amide bonds. The predicted octanol–water partition coefficient (Wildman–Crippen LogP) is 2.61. The fourth-order valence-corrected chi connectivity index (χ4v) is 4.54. The lowest BCUT2D eigenvalue weighted by molar-refractivity contribution is -0.931. The van der Waals surface area contributed by atoms with Crippen LogP contribution in [0.15, 0.2) is 48.5 Å². The van der Waals surface area contributed by atoms with Crippen LogP contribution in [0, 0.1) is 18.6 Å². The molecule has 1 fully saturated rings. The fraction of sp³-hybridized carbons (Fsp3) is 0.391. The fourth-order valence-electron chi connectivity index (χ4n) is 4.23. The highest BCUT2D eigenvalue weighted by molar-refractivity contribution is 7.71. The summed E-state index contributed by atoms with van der Waals surface area (Å²) in [4.78, 5) is 1.33. The van der Waals surface area contributed by atoms with Crippen molar-refractivity contribution in [1.29, 1.82) is 0 Å². The van der Waals surface area contributed by atoms with Gasteiger partial charge in [-0.3, -0.25) is 4.57 Å². The summed E-state index contributed by atoms with van der Waals surface area (Å²) in [7, 11) is 0. The van der Waals surface area contributed by atoms with Crippen molar-refractivity contribution in [3.05, 3.63) is 75.8 Å². The van der Waals surface area contributed by atoms with Crippen LogP contribution in [0.3, 0.4) is 0 Å². The van der Waals surface area contributed by atoms with Gasteiger partial charge in [-0.25, -0.2) is 0 Å². The van der Waals surface area contributed by atoms with Gasteiger partial charge in [-0.1, -0.05) is 48.0 Å². The van der Waals surface area contributed by atoms with Crippen molar-refractivity contribution in [3.63, 3.8) is 0 Å². The number of nitrogens with zero attached hydrogens (tertiary/aromatic N) is 3. The van der Waals surface area contributed by atoms with E-state index in [1.54, 1.807) is 0 Å². The molecular weight excluding hydrogens is 380 g/mol. The van der Waals surface area contributed by atoms with Crippen LogP contribution in [0.1, 0.15) is 35.4 Å². The molecule has 0 radical (unpaired) electrons. The van der Waals surface area contributed by atoms with E-state index in [9.17, 15) is 5.11 Å². The number of nitrogens with one attached hydrogen (secondary N) is 1. The summed E-state index contributed by atoms with van der Waals surface area (Å²) >= 11 is 5.89. The average molecular weight is 410 g/mol. The Kier molecular flexibility index (Phi) is 5.94. The molecule has 5 nitrogen and oxygen atoms in total. The standard InChI is InChI=1S/C23H28N4OS/c1-17-10-11-21(18(2)13-17)27-22(14-19-7-4-3-5-8-19)24-26(23(27)29)16-25-12-6-9-20(28)15-25/h3-5,7-8,10-11,13,20,28H,6,9,12,14-16H2,1-2H3/p+1/t20-/m1/s1. The van der Waals surface area contributed by atoms with Crippen LogP contribution in [-0.2, 0) is 13.1 Å². The molecule has 2 heterocycles.